The van der Waals surface area contributed by atoms with Gasteiger partial charge in [-0.25, -0.2) is 4.39 Å². The lowest BCUT2D eigenvalue weighted by atomic mass is 10.1. The van der Waals surface area contributed by atoms with E-state index in [9.17, 15) is 18.8 Å². The second-order valence-electron chi connectivity index (χ2n) is 5.37. The normalized spacial score (nSPS) is 11.4. The largest absolute Gasteiger partial charge is 0.452 e. The average Bonchev–Trinajstić information content (AvgIpc) is 2.57. The van der Waals surface area contributed by atoms with E-state index in [-0.39, 0.29) is 6.42 Å². The van der Waals surface area contributed by atoms with Gasteiger partial charge >= 0.3 is 5.97 Å². The Bertz CT molecular complexity index is 773. The van der Waals surface area contributed by atoms with Gasteiger partial charge in [0.1, 0.15) is 5.82 Å². The molecule has 0 saturated carbocycles. The molecule has 2 aromatic carbocycles. The summed E-state index contributed by atoms with van der Waals surface area (Å²) in [7, 11) is 0. The highest BCUT2D eigenvalue weighted by atomic mass is 19.1. The van der Waals surface area contributed by atoms with Crippen molar-refractivity contribution in [3.8, 4) is 0 Å². The SMILES string of the molecule is CC(OC(=O)Cc1ccc(F)cc1)C(=O)Nc1ccc(C(N)=O)cc1. The van der Waals surface area contributed by atoms with E-state index in [4.69, 9.17) is 10.5 Å². The van der Waals surface area contributed by atoms with Crippen molar-refractivity contribution in [1.82, 2.24) is 0 Å². The van der Waals surface area contributed by atoms with Gasteiger partial charge in [-0.15, -0.1) is 0 Å². The summed E-state index contributed by atoms with van der Waals surface area (Å²) >= 11 is 0. The van der Waals surface area contributed by atoms with Crippen molar-refractivity contribution in [2.45, 2.75) is 19.4 Å². The number of carbonyl (C=O) groups is 3. The number of nitrogens with two attached hydrogens (primary N) is 1. The Morgan fingerprint density at radius 1 is 1.08 bits per heavy atom. The smallest absolute Gasteiger partial charge is 0.311 e. The molecule has 0 heterocycles. The first-order valence-corrected chi connectivity index (χ1v) is 7.50. The minimum Gasteiger partial charge on any atom is -0.452 e. The minimum atomic E-state index is -1.01. The Labute approximate surface area is 143 Å². The molecule has 0 aliphatic rings. The van der Waals surface area contributed by atoms with Gasteiger partial charge in [0.05, 0.1) is 6.42 Å². The fourth-order valence-electron chi connectivity index (χ4n) is 2.02. The highest BCUT2D eigenvalue weighted by Gasteiger charge is 2.18. The average molecular weight is 344 g/mol. The van der Waals surface area contributed by atoms with Crippen molar-refractivity contribution in [3.05, 3.63) is 65.5 Å². The molecule has 0 fully saturated rings. The highest BCUT2D eigenvalue weighted by Crippen LogP contribution is 2.11. The monoisotopic (exact) mass is 344 g/mol. The van der Waals surface area contributed by atoms with Crippen LogP contribution in [0.3, 0.4) is 0 Å². The van der Waals surface area contributed by atoms with Crippen LogP contribution in [0.1, 0.15) is 22.8 Å². The number of ether oxygens (including phenoxy) is 1. The number of halogens is 1. The van der Waals surface area contributed by atoms with E-state index in [2.05, 4.69) is 5.32 Å². The number of hydrogen-bond acceptors (Lipinski definition) is 4. The predicted octanol–water partition coefficient (Wildman–Crippen LogP) is 2.04. The lowest BCUT2D eigenvalue weighted by Crippen LogP contribution is -2.30. The maximum atomic E-state index is 12.8. The van der Waals surface area contributed by atoms with E-state index in [1.54, 1.807) is 0 Å². The van der Waals surface area contributed by atoms with E-state index < -0.39 is 29.7 Å². The molecule has 130 valence electrons. The van der Waals surface area contributed by atoms with Crippen LogP contribution in [0.15, 0.2) is 48.5 Å². The molecule has 2 aromatic rings. The minimum absolute atomic E-state index is 0.0643. The standard InChI is InChI=1S/C18H17FN2O4/c1-11(25-16(22)10-12-2-6-14(19)7-3-12)18(24)21-15-8-4-13(5-9-15)17(20)23/h2-9,11H,10H2,1H3,(H2,20,23)(H,21,24). The van der Waals surface area contributed by atoms with Crippen LogP contribution in [0.2, 0.25) is 0 Å². The Morgan fingerprint density at radius 3 is 2.24 bits per heavy atom. The molecule has 0 radical (unpaired) electrons. The molecule has 0 bridgehead atoms. The summed E-state index contributed by atoms with van der Waals surface area (Å²) in [5.74, 6) is -2.08. The first-order chi connectivity index (χ1) is 11.8. The van der Waals surface area contributed by atoms with Crippen LogP contribution in [0.25, 0.3) is 0 Å². The van der Waals surface area contributed by atoms with E-state index in [0.29, 0.717) is 16.8 Å². The van der Waals surface area contributed by atoms with Gasteiger partial charge in [0, 0.05) is 11.3 Å². The molecule has 2 rings (SSSR count). The summed E-state index contributed by atoms with van der Waals surface area (Å²) in [5.41, 5.74) is 6.48. The maximum absolute atomic E-state index is 12.8. The van der Waals surface area contributed by atoms with Gasteiger partial charge in [-0.2, -0.15) is 0 Å². The van der Waals surface area contributed by atoms with Crippen LogP contribution < -0.4 is 11.1 Å². The molecule has 0 saturated heterocycles. The summed E-state index contributed by atoms with van der Waals surface area (Å²) in [6, 6.07) is 11.4. The molecular formula is C18H17FN2O4. The number of nitrogens with one attached hydrogen (secondary N) is 1. The second-order valence-corrected chi connectivity index (χ2v) is 5.37. The molecule has 0 spiro atoms. The summed E-state index contributed by atoms with van der Waals surface area (Å²) in [5, 5.41) is 2.57. The lowest BCUT2D eigenvalue weighted by Gasteiger charge is -2.13. The Hall–Kier alpha value is -3.22. The molecule has 25 heavy (non-hydrogen) atoms. The van der Waals surface area contributed by atoms with Gasteiger partial charge in [-0.3, -0.25) is 14.4 Å². The van der Waals surface area contributed by atoms with Crippen LogP contribution in [0.5, 0.6) is 0 Å². The first-order valence-electron chi connectivity index (χ1n) is 7.50. The van der Waals surface area contributed by atoms with Crippen molar-refractivity contribution >= 4 is 23.5 Å². The molecular weight excluding hydrogens is 327 g/mol. The van der Waals surface area contributed by atoms with Gasteiger partial charge in [-0.1, -0.05) is 12.1 Å². The van der Waals surface area contributed by atoms with Crippen LogP contribution in [0, 0.1) is 5.82 Å². The Kier molecular flexibility index (Phi) is 5.84. The van der Waals surface area contributed by atoms with Crippen molar-refractivity contribution < 1.29 is 23.5 Å². The van der Waals surface area contributed by atoms with E-state index in [0.717, 1.165) is 0 Å². The Morgan fingerprint density at radius 2 is 1.68 bits per heavy atom. The summed E-state index contributed by atoms with van der Waals surface area (Å²) in [6.45, 7) is 1.44. The predicted molar refractivity (Wildman–Crippen MR) is 89.2 cm³/mol. The van der Waals surface area contributed by atoms with E-state index in [1.165, 1.54) is 55.5 Å². The Balaban J connectivity index is 1.87. The zero-order valence-corrected chi connectivity index (χ0v) is 13.5. The van der Waals surface area contributed by atoms with E-state index >= 15 is 0 Å². The third-order valence-electron chi connectivity index (χ3n) is 3.38. The van der Waals surface area contributed by atoms with Gasteiger partial charge in [-0.05, 0) is 48.9 Å². The third kappa shape index (κ3) is 5.42. The van der Waals surface area contributed by atoms with Crippen LogP contribution in [-0.2, 0) is 20.7 Å². The summed E-state index contributed by atoms with van der Waals surface area (Å²) in [4.78, 5) is 34.9. The number of rotatable bonds is 6. The zero-order chi connectivity index (χ0) is 18.4. The molecule has 1 atom stereocenters. The summed E-state index contributed by atoms with van der Waals surface area (Å²) < 4.78 is 17.9. The van der Waals surface area contributed by atoms with Gasteiger partial charge in [0.25, 0.3) is 5.91 Å². The van der Waals surface area contributed by atoms with Crippen molar-refractivity contribution in [2.24, 2.45) is 5.73 Å². The van der Waals surface area contributed by atoms with Crippen LogP contribution in [0.4, 0.5) is 10.1 Å². The topological polar surface area (TPSA) is 98.5 Å². The number of anilines is 1. The molecule has 0 aliphatic carbocycles. The molecule has 2 amide bonds. The molecule has 1 unspecified atom stereocenters. The van der Waals surface area contributed by atoms with Crippen molar-refractivity contribution in [3.63, 3.8) is 0 Å². The first kappa shape index (κ1) is 18.1. The van der Waals surface area contributed by atoms with Crippen molar-refractivity contribution in [2.75, 3.05) is 5.32 Å². The third-order valence-corrected chi connectivity index (χ3v) is 3.38. The van der Waals surface area contributed by atoms with Gasteiger partial charge in [0.15, 0.2) is 6.10 Å². The number of benzene rings is 2. The number of amides is 2. The number of esters is 1. The molecule has 7 heteroatoms. The number of carbonyl (C=O) groups excluding carboxylic acids is 3. The molecule has 0 aromatic heterocycles. The quantitative estimate of drug-likeness (QED) is 0.784. The molecule has 3 N–H and O–H groups in total. The fraction of sp³-hybridized carbons (Fsp3) is 0.167. The highest BCUT2D eigenvalue weighted by molar-refractivity contribution is 5.96. The van der Waals surface area contributed by atoms with Crippen molar-refractivity contribution in [1.29, 1.82) is 0 Å². The molecule has 0 aliphatic heterocycles. The summed E-state index contributed by atoms with van der Waals surface area (Å²) in [6.07, 6.45) is -1.07. The second kappa shape index (κ2) is 8.05. The van der Waals surface area contributed by atoms with Crippen LogP contribution in [-0.4, -0.2) is 23.9 Å². The number of hydrogen-bond donors (Lipinski definition) is 2. The van der Waals surface area contributed by atoms with E-state index in [1.807, 2.05) is 0 Å². The van der Waals surface area contributed by atoms with Gasteiger partial charge in [0.2, 0.25) is 5.91 Å². The lowest BCUT2D eigenvalue weighted by molar-refractivity contribution is -0.152. The maximum Gasteiger partial charge on any atom is 0.311 e. The van der Waals surface area contributed by atoms with Crippen LogP contribution >= 0.6 is 0 Å². The fourth-order valence-corrected chi connectivity index (χ4v) is 2.02. The molecule has 6 nitrogen and oxygen atoms in total. The van der Waals surface area contributed by atoms with Gasteiger partial charge < -0.3 is 15.8 Å². The zero-order valence-electron chi connectivity index (χ0n) is 13.5. The number of primary amides is 1.